The molecule has 12 heavy (non-hydrogen) atoms. The van der Waals surface area contributed by atoms with Crippen LogP contribution in [0.4, 0.5) is 0 Å². The summed E-state index contributed by atoms with van der Waals surface area (Å²) in [6.45, 7) is 4.51. The van der Waals surface area contributed by atoms with Crippen molar-refractivity contribution in [3.05, 3.63) is 34.3 Å². The van der Waals surface area contributed by atoms with Crippen LogP contribution in [0.3, 0.4) is 0 Å². The third kappa shape index (κ3) is 1.29. The zero-order chi connectivity index (χ0) is 8.60. The van der Waals surface area contributed by atoms with Crippen LogP contribution in [0.25, 0.3) is 0 Å². The Balaban J connectivity index is 2.28. The lowest BCUT2D eigenvalue weighted by molar-refractivity contribution is 0.305. The molecule has 0 aromatic heterocycles. The van der Waals surface area contributed by atoms with E-state index in [-0.39, 0.29) is 0 Å². The van der Waals surface area contributed by atoms with Gasteiger partial charge in [0.2, 0.25) is 0 Å². The Kier molecular flexibility index (Phi) is 1.97. The average Bonchev–Trinajstić information content (AvgIpc) is 2.02. The van der Waals surface area contributed by atoms with Gasteiger partial charge in [-0.1, -0.05) is 35.0 Å². The molecule has 0 spiro atoms. The second kappa shape index (κ2) is 2.86. The van der Waals surface area contributed by atoms with Crippen molar-refractivity contribution in [1.82, 2.24) is 5.32 Å². The predicted molar refractivity (Wildman–Crippen MR) is 54.4 cm³/mol. The summed E-state index contributed by atoms with van der Waals surface area (Å²) in [4.78, 5) is 0. The first kappa shape index (κ1) is 8.27. The third-order valence-electron chi connectivity index (χ3n) is 2.57. The van der Waals surface area contributed by atoms with E-state index in [0.29, 0.717) is 5.41 Å². The Morgan fingerprint density at radius 1 is 1.25 bits per heavy atom. The predicted octanol–water partition coefficient (Wildman–Crippen LogP) is 2.31. The summed E-state index contributed by atoms with van der Waals surface area (Å²) >= 11 is 3.44. The van der Waals surface area contributed by atoms with Crippen LogP contribution < -0.4 is 5.32 Å². The van der Waals surface area contributed by atoms with Gasteiger partial charge in [-0.2, -0.15) is 0 Å². The monoisotopic (exact) mass is 225 g/mol. The van der Waals surface area contributed by atoms with E-state index in [1.165, 1.54) is 5.56 Å². The fraction of sp³-hybridized carbons (Fsp3) is 0.400. The fourth-order valence-electron chi connectivity index (χ4n) is 1.56. The lowest BCUT2D eigenvalue weighted by Gasteiger charge is -2.39. The van der Waals surface area contributed by atoms with Crippen molar-refractivity contribution in [2.75, 3.05) is 13.1 Å². The van der Waals surface area contributed by atoms with Crippen LogP contribution in [0.15, 0.2) is 28.7 Å². The molecule has 0 radical (unpaired) electrons. The van der Waals surface area contributed by atoms with Gasteiger partial charge < -0.3 is 5.32 Å². The summed E-state index contributed by atoms with van der Waals surface area (Å²) in [5.41, 5.74) is 1.81. The van der Waals surface area contributed by atoms with E-state index in [9.17, 15) is 0 Å². The Bertz CT molecular complexity index is 274. The smallest absolute Gasteiger partial charge is 0.0175 e. The number of benzene rings is 1. The van der Waals surface area contributed by atoms with Crippen LogP contribution in [0.1, 0.15) is 12.5 Å². The molecule has 0 aliphatic carbocycles. The van der Waals surface area contributed by atoms with E-state index in [1.807, 2.05) is 0 Å². The molecule has 1 saturated heterocycles. The lowest BCUT2D eigenvalue weighted by Crippen LogP contribution is -2.54. The molecule has 2 rings (SSSR count). The van der Waals surface area contributed by atoms with Crippen molar-refractivity contribution in [3.8, 4) is 0 Å². The highest BCUT2D eigenvalue weighted by Crippen LogP contribution is 2.28. The molecule has 1 nitrogen and oxygen atoms in total. The van der Waals surface area contributed by atoms with E-state index in [2.05, 4.69) is 52.4 Å². The molecule has 2 heteroatoms. The zero-order valence-corrected chi connectivity index (χ0v) is 8.69. The average molecular weight is 226 g/mol. The minimum Gasteiger partial charge on any atom is -0.315 e. The molecule has 1 aromatic carbocycles. The van der Waals surface area contributed by atoms with Gasteiger partial charge in [0.15, 0.2) is 0 Å². The third-order valence-corrected chi connectivity index (χ3v) is 3.10. The summed E-state index contributed by atoms with van der Waals surface area (Å²) in [6.07, 6.45) is 0. The SMILES string of the molecule is CC1(c2ccc(Br)cc2)CNC1. The maximum atomic E-state index is 3.44. The highest BCUT2D eigenvalue weighted by molar-refractivity contribution is 9.10. The van der Waals surface area contributed by atoms with Crippen LogP contribution >= 0.6 is 15.9 Å². The topological polar surface area (TPSA) is 12.0 Å². The molecular weight excluding hydrogens is 214 g/mol. The lowest BCUT2D eigenvalue weighted by atomic mass is 9.77. The summed E-state index contributed by atoms with van der Waals surface area (Å²) in [7, 11) is 0. The standard InChI is InChI=1S/C10H12BrN/c1-10(6-12-7-10)8-2-4-9(11)5-3-8/h2-5,12H,6-7H2,1H3. The van der Waals surface area contributed by atoms with E-state index >= 15 is 0 Å². The normalized spacial score (nSPS) is 20.2. The Morgan fingerprint density at radius 3 is 2.25 bits per heavy atom. The maximum Gasteiger partial charge on any atom is 0.0175 e. The number of halogens is 1. The van der Waals surface area contributed by atoms with Gasteiger partial charge in [-0.25, -0.2) is 0 Å². The molecule has 1 aliphatic rings. The molecule has 64 valence electrons. The van der Waals surface area contributed by atoms with Crippen molar-refractivity contribution in [2.24, 2.45) is 0 Å². The first-order valence-corrected chi connectivity index (χ1v) is 4.97. The van der Waals surface area contributed by atoms with Gasteiger partial charge in [0.1, 0.15) is 0 Å². The minimum atomic E-state index is 0.376. The van der Waals surface area contributed by atoms with Gasteiger partial charge >= 0.3 is 0 Å². The van der Waals surface area contributed by atoms with Gasteiger partial charge in [-0.3, -0.25) is 0 Å². The molecule has 0 amide bonds. The molecule has 0 bridgehead atoms. The maximum absolute atomic E-state index is 3.44. The van der Waals surface area contributed by atoms with Crippen LogP contribution in [0.2, 0.25) is 0 Å². The number of nitrogens with one attached hydrogen (secondary N) is 1. The molecule has 0 saturated carbocycles. The molecule has 1 N–H and O–H groups in total. The van der Waals surface area contributed by atoms with Crippen LogP contribution in [-0.2, 0) is 5.41 Å². The van der Waals surface area contributed by atoms with Crippen molar-refractivity contribution in [3.63, 3.8) is 0 Å². The molecule has 1 heterocycles. The Labute approximate surface area is 81.3 Å². The van der Waals surface area contributed by atoms with Gasteiger partial charge in [-0.15, -0.1) is 0 Å². The largest absolute Gasteiger partial charge is 0.315 e. The van der Waals surface area contributed by atoms with Crippen molar-refractivity contribution in [1.29, 1.82) is 0 Å². The summed E-state index contributed by atoms with van der Waals surface area (Å²) in [5.74, 6) is 0. The fourth-order valence-corrected chi connectivity index (χ4v) is 1.82. The molecular formula is C10H12BrN. The van der Waals surface area contributed by atoms with Gasteiger partial charge in [0, 0.05) is 23.0 Å². The second-order valence-corrected chi connectivity index (χ2v) is 4.59. The van der Waals surface area contributed by atoms with E-state index in [0.717, 1.165) is 17.6 Å². The number of hydrogen-bond acceptors (Lipinski definition) is 1. The molecule has 0 atom stereocenters. The van der Waals surface area contributed by atoms with E-state index < -0.39 is 0 Å². The van der Waals surface area contributed by atoms with Gasteiger partial charge in [-0.05, 0) is 17.7 Å². The van der Waals surface area contributed by atoms with Crippen molar-refractivity contribution in [2.45, 2.75) is 12.3 Å². The van der Waals surface area contributed by atoms with E-state index in [4.69, 9.17) is 0 Å². The van der Waals surface area contributed by atoms with Crippen LogP contribution in [0, 0.1) is 0 Å². The zero-order valence-electron chi connectivity index (χ0n) is 7.10. The highest BCUT2D eigenvalue weighted by atomic mass is 79.9. The Hall–Kier alpha value is -0.340. The summed E-state index contributed by atoms with van der Waals surface area (Å²) in [5, 5.41) is 3.30. The van der Waals surface area contributed by atoms with E-state index in [1.54, 1.807) is 0 Å². The van der Waals surface area contributed by atoms with Crippen LogP contribution in [-0.4, -0.2) is 13.1 Å². The van der Waals surface area contributed by atoms with Gasteiger partial charge in [0.25, 0.3) is 0 Å². The minimum absolute atomic E-state index is 0.376. The molecule has 1 fully saturated rings. The highest BCUT2D eigenvalue weighted by Gasteiger charge is 2.32. The molecule has 0 unspecified atom stereocenters. The van der Waals surface area contributed by atoms with Crippen molar-refractivity contribution >= 4 is 15.9 Å². The number of rotatable bonds is 1. The number of hydrogen-bond donors (Lipinski definition) is 1. The molecule has 1 aliphatic heterocycles. The Morgan fingerprint density at radius 2 is 1.83 bits per heavy atom. The van der Waals surface area contributed by atoms with Crippen molar-refractivity contribution < 1.29 is 0 Å². The summed E-state index contributed by atoms with van der Waals surface area (Å²) in [6, 6.07) is 8.62. The summed E-state index contributed by atoms with van der Waals surface area (Å²) < 4.78 is 1.15. The van der Waals surface area contributed by atoms with Crippen LogP contribution in [0.5, 0.6) is 0 Å². The first-order valence-electron chi connectivity index (χ1n) is 4.17. The first-order chi connectivity index (χ1) is 5.71. The van der Waals surface area contributed by atoms with Gasteiger partial charge in [0.05, 0.1) is 0 Å². The molecule has 1 aromatic rings. The quantitative estimate of drug-likeness (QED) is 0.774. The second-order valence-electron chi connectivity index (χ2n) is 3.67.